The normalized spacial score (nSPS) is 13.8. The van der Waals surface area contributed by atoms with Crippen LogP contribution in [0.2, 0.25) is 0 Å². The smallest absolute Gasteiger partial charge is 0.124 e. The molecule has 0 aromatic heterocycles. The van der Waals surface area contributed by atoms with Gasteiger partial charge in [-0.1, -0.05) is 15.9 Å². The SMILES string of the molecule is COC(C)(C)CC(N)Cc1cc(F)cc(Br)c1. The zero-order valence-corrected chi connectivity index (χ0v) is 12.1. The Morgan fingerprint density at radius 2 is 2.06 bits per heavy atom. The van der Waals surface area contributed by atoms with E-state index in [4.69, 9.17) is 10.5 Å². The lowest BCUT2D eigenvalue weighted by atomic mass is 9.95. The Labute approximate surface area is 110 Å². The van der Waals surface area contributed by atoms with E-state index in [9.17, 15) is 4.39 Å². The third-order valence-corrected chi connectivity index (χ3v) is 3.18. The summed E-state index contributed by atoms with van der Waals surface area (Å²) in [4.78, 5) is 0. The molecule has 0 bridgehead atoms. The van der Waals surface area contributed by atoms with Crippen LogP contribution in [0.15, 0.2) is 22.7 Å². The number of rotatable bonds is 5. The Kier molecular flexibility index (Phi) is 5.10. The fraction of sp³-hybridized carbons (Fsp3) is 0.538. The van der Waals surface area contributed by atoms with Gasteiger partial charge in [0.05, 0.1) is 5.60 Å². The number of methoxy groups -OCH3 is 1. The minimum absolute atomic E-state index is 0.0429. The summed E-state index contributed by atoms with van der Waals surface area (Å²) in [5, 5.41) is 0. The number of hydrogen-bond acceptors (Lipinski definition) is 2. The van der Waals surface area contributed by atoms with Gasteiger partial charge in [-0.05, 0) is 50.5 Å². The van der Waals surface area contributed by atoms with Crippen LogP contribution in [0.25, 0.3) is 0 Å². The lowest BCUT2D eigenvalue weighted by Gasteiger charge is -2.26. The highest BCUT2D eigenvalue weighted by Crippen LogP contribution is 2.20. The molecule has 0 radical (unpaired) electrons. The molecular weight excluding hydrogens is 285 g/mol. The van der Waals surface area contributed by atoms with Gasteiger partial charge >= 0.3 is 0 Å². The molecule has 0 heterocycles. The molecule has 0 saturated heterocycles. The van der Waals surface area contributed by atoms with Crippen LogP contribution in [-0.2, 0) is 11.2 Å². The lowest BCUT2D eigenvalue weighted by molar-refractivity contribution is 0.0102. The van der Waals surface area contributed by atoms with Crippen molar-refractivity contribution >= 4 is 15.9 Å². The highest BCUT2D eigenvalue weighted by atomic mass is 79.9. The first-order valence-electron chi connectivity index (χ1n) is 5.58. The van der Waals surface area contributed by atoms with E-state index in [1.165, 1.54) is 12.1 Å². The summed E-state index contributed by atoms with van der Waals surface area (Å²) in [5.41, 5.74) is 6.70. The first-order valence-corrected chi connectivity index (χ1v) is 6.37. The van der Waals surface area contributed by atoms with Crippen molar-refractivity contribution in [1.82, 2.24) is 0 Å². The van der Waals surface area contributed by atoms with Crippen LogP contribution in [-0.4, -0.2) is 18.8 Å². The maximum atomic E-state index is 13.2. The van der Waals surface area contributed by atoms with E-state index in [1.54, 1.807) is 7.11 Å². The van der Waals surface area contributed by atoms with Crippen LogP contribution in [0.5, 0.6) is 0 Å². The standard InChI is InChI=1S/C13H19BrFNO/c1-13(2,17-3)8-12(16)6-9-4-10(14)7-11(15)5-9/h4-5,7,12H,6,8,16H2,1-3H3. The fourth-order valence-electron chi connectivity index (χ4n) is 1.82. The largest absolute Gasteiger partial charge is 0.379 e. The fourth-order valence-corrected chi connectivity index (χ4v) is 2.33. The average Bonchev–Trinajstić information content (AvgIpc) is 2.14. The van der Waals surface area contributed by atoms with E-state index in [1.807, 2.05) is 19.9 Å². The Morgan fingerprint density at radius 1 is 1.41 bits per heavy atom. The van der Waals surface area contributed by atoms with Gasteiger partial charge in [0.2, 0.25) is 0 Å². The number of hydrogen-bond donors (Lipinski definition) is 1. The molecule has 1 unspecified atom stereocenters. The number of halogens is 2. The second-order valence-corrected chi connectivity index (χ2v) is 5.83. The second kappa shape index (κ2) is 5.94. The van der Waals surface area contributed by atoms with E-state index >= 15 is 0 Å². The summed E-state index contributed by atoms with van der Waals surface area (Å²) in [6.45, 7) is 3.99. The predicted molar refractivity (Wildman–Crippen MR) is 71.5 cm³/mol. The minimum Gasteiger partial charge on any atom is -0.379 e. The van der Waals surface area contributed by atoms with E-state index in [0.29, 0.717) is 6.42 Å². The summed E-state index contributed by atoms with van der Waals surface area (Å²) in [7, 11) is 1.67. The first-order chi connectivity index (χ1) is 7.82. The molecule has 2 N–H and O–H groups in total. The van der Waals surface area contributed by atoms with Crippen molar-refractivity contribution in [2.24, 2.45) is 5.73 Å². The molecule has 1 aromatic rings. The van der Waals surface area contributed by atoms with Crippen LogP contribution < -0.4 is 5.73 Å². The van der Waals surface area contributed by atoms with Gasteiger partial charge in [-0.15, -0.1) is 0 Å². The molecule has 2 nitrogen and oxygen atoms in total. The summed E-state index contributed by atoms with van der Waals surface area (Å²) < 4.78 is 19.3. The molecule has 0 amide bonds. The zero-order valence-electron chi connectivity index (χ0n) is 10.5. The van der Waals surface area contributed by atoms with Crippen molar-refractivity contribution < 1.29 is 9.13 Å². The van der Waals surface area contributed by atoms with Crippen molar-refractivity contribution in [1.29, 1.82) is 0 Å². The van der Waals surface area contributed by atoms with Gasteiger partial charge in [-0.3, -0.25) is 0 Å². The Hall–Kier alpha value is -0.450. The van der Waals surface area contributed by atoms with Crippen LogP contribution in [0.3, 0.4) is 0 Å². The molecule has 0 aliphatic carbocycles. The second-order valence-electron chi connectivity index (χ2n) is 4.91. The molecule has 17 heavy (non-hydrogen) atoms. The summed E-state index contributed by atoms with van der Waals surface area (Å²) in [6.07, 6.45) is 1.38. The Balaban J connectivity index is 2.65. The third kappa shape index (κ3) is 5.15. The van der Waals surface area contributed by atoms with Gasteiger partial charge in [0, 0.05) is 17.6 Å². The summed E-state index contributed by atoms with van der Waals surface area (Å²) in [6, 6.07) is 4.81. The van der Waals surface area contributed by atoms with Crippen molar-refractivity contribution in [3.63, 3.8) is 0 Å². The van der Waals surface area contributed by atoms with E-state index in [0.717, 1.165) is 16.5 Å². The predicted octanol–water partition coefficient (Wildman–Crippen LogP) is 3.27. The van der Waals surface area contributed by atoms with Crippen LogP contribution in [0, 0.1) is 5.82 Å². The molecule has 4 heteroatoms. The highest BCUT2D eigenvalue weighted by Gasteiger charge is 2.20. The third-order valence-electron chi connectivity index (χ3n) is 2.73. The van der Waals surface area contributed by atoms with Crippen LogP contribution in [0.4, 0.5) is 4.39 Å². The molecule has 0 aliphatic heterocycles. The monoisotopic (exact) mass is 303 g/mol. The van der Waals surface area contributed by atoms with Gasteiger partial charge in [0.25, 0.3) is 0 Å². The van der Waals surface area contributed by atoms with Crippen molar-refractivity contribution in [3.8, 4) is 0 Å². The maximum Gasteiger partial charge on any atom is 0.124 e. The van der Waals surface area contributed by atoms with Gasteiger partial charge in [-0.25, -0.2) is 4.39 Å². The molecule has 1 atom stereocenters. The Bertz CT molecular complexity index is 361. The highest BCUT2D eigenvalue weighted by molar-refractivity contribution is 9.10. The molecule has 0 aliphatic rings. The van der Waals surface area contributed by atoms with E-state index in [2.05, 4.69) is 15.9 Å². The van der Waals surface area contributed by atoms with Crippen LogP contribution >= 0.6 is 15.9 Å². The number of nitrogens with two attached hydrogens (primary N) is 1. The molecular formula is C13H19BrFNO. The van der Waals surface area contributed by atoms with E-state index in [-0.39, 0.29) is 17.5 Å². The van der Waals surface area contributed by atoms with E-state index < -0.39 is 0 Å². The van der Waals surface area contributed by atoms with Gasteiger partial charge in [0.1, 0.15) is 5.82 Å². The molecule has 0 fully saturated rings. The molecule has 0 saturated carbocycles. The number of benzene rings is 1. The van der Waals surface area contributed by atoms with Gasteiger partial charge < -0.3 is 10.5 Å². The molecule has 1 rings (SSSR count). The Morgan fingerprint density at radius 3 is 2.59 bits per heavy atom. The van der Waals surface area contributed by atoms with Gasteiger partial charge in [0.15, 0.2) is 0 Å². The summed E-state index contributed by atoms with van der Waals surface area (Å²) >= 11 is 3.27. The molecule has 0 spiro atoms. The van der Waals surface area contributed by atoms with Crippen LogP contribution in [0.1, 0.15) is 25.8 Å². The zero-order chi connectivity index (χ0) is 13.1. The molecule has 1 aromatic carbocycles. The summed E-state index contributed by atoms with van der Waals surface area (Å²) in [5.74, 6) is -0.243. The average molecular weight is 304 g/mol. The first kappa shape index (κ1) is 14.6. The van der Waals surface area contributed by atoms with Gasteiger partial charge in [-0.2, -0.15) is 0 Å². The maximum absolute atomic E-state index is 13.2. The van der Waals surface area contributed by atoms with Crippen molar-refractivity contribution in [2.45, 2.75) is 38.3 Å². The topological polar surface area (TPSA) is 35.2 Å². The van der Waals surface area contributed by atoms with Crippen molar-refractivity contribution in [2.75, 3.05) is 7.11 Å². The lowest BCUT2D eigenvalue weighted by Crippen LogP contribution is -2.35. The quantitative estimate of drug-likeness (QED) is 0.906. The molecule has 96 valence electrons. The number of ether oxygens (including phenoxy) is 1. The van der Waals surface area contributed by atoms with Crippen molar-refractivity contribution in [3.05, 3.63) is 34.1 Å². The minimum atomic E-state index is -0.246.